The fraction of sp³-hybridized carbons (Fsp3) is 0.350. The third-order valence-corrected chi connectivity index (χ3v) is 4.59. The SMILES string of the molecule is Cc1c(C)n(CCC(C)C)c2c(-c3ccc(F)cc3)nccc12.Cl. The number of halogens is 2. The Morgan fingerprint density at radius 2 is 1.75 bits per heavy atom. The van der Waals surface area contributed by atoms with Crippen LogP contribution in [-0.4, -0.2) is 9.55 Å². The first-order valence-corrected chi connectivity index (χ1v) is 8.19. The van der Waals surface area contributed by atoms with Crippen molar-refractivity contribution < 1.29 is 4.39 Å². The van der Waals surface area contributed by atoms with Crippen LogP contribution < -0.4 is 0 Å². The standard InChI is InChI=1S/C20H23FN2.ClH/c1-13(2)10-12-23-15(4)14(3)18-9-11-22-19(20(18)23)16-5-7-17(21)8-6-16;/h5-9,11,13H,10,12H2,1-4H3;1H. The molecule has 0 N–H and O–H groups in total. The van der Waals surface area contributed by atoms with Gasteiger partial charge in [-0.05, 0) is 62.1 Å². The van der Waals surface area contributed by atoms with Crippen LogP contribution in [0.1, 0.15) is 31.5 Å². The minimum absolute atomic E-state index is 0. The summed E-state index contributed by atoms with van der Waals surface area (Å²) in [7, 11) is 0. The van der Waals surface area contributed by atoms with Crippen LogP contribution in [0.25, 0.3) is 22.2 Å². The van der Waals surface area contributed by atoms with Crippen molar-refractivity contribution in [1.29, 1.82) is 0 Å². The van der Waals surface area contributed by atoms with Crippen molar-refractivity contribution in [2.75, 3.05) is 0 Å². The highest BCUT2D eigenvalue weighted by molar-refractivity contribution is 5.95. The summed E-state index contributed by atoms with van der Waals surface area (Å²) in [6.07, 6.45) is 2.97. The van der Waals surface area contributed by atoms with Crippen LogP contribution >= 0.6 is 12.4 Å². The van der Waals surface area contributed by atoms with E-state index in [9.17, 15) is 4.39 Å². The zero-order valence-electron chi connectivity index (χ0n) is 14.6. The van der Waals surface area contributed by atoms with Gasteiger partial charge >= 0.3 is 0 Å². The van der Waals surface area contributed by atoms with E-state index in [1.807, 2.05) is 18.3 Å². The zero-order valence-corrected chi connectivity index (χ0v) is 15.5. The largest absolute Gasteiger partial charge is 0.343 e. The second kappa shape index (κ2) is 7.35. The molecule has 3 aromatic rings. The van der Waals surface area contributed by atoms with Crippen LogP contribution in [0.2, 0.25) is 0 Å². The van der Waals surface area contributed by atoms with Crippen molar-refractivity contribution in [2.45, 2.75) is 40.7 Å². The van der Waals surface area contributed by atoms with Gasteiger partial charge in [-0.3, -0.25) is 4.98 Å². The molecule has 0 aliphatic carbocycles. The Kier molecular flexibility index (Phi) is 5.66. The van der Waals surface area contributed by atoms with Gasteiger partial charge in [0.05, 0.1) is 11.2 Å². The number of aryl methyl sites for hydroxylation is 2. The lowest BCUT2D eigenvalue weighted by Crippen LogP contribution is -2.04. The molecule has 2 nitrogen and oxygen atoms in total. The summed E-state index contributed by atoms with van der Waals surface area (Å²) in [5.41, 5.74) is 5.64. The van der Waals surface area contributed by atoms with Crippen molar-refractivity contribution in [3.05, 3.63) is 53.6 Å². The van der Waals surface area contributed by atoms with E-state index in [1.165, 1.54) is 28.8 Å². The monoisotopic (exact) mass is 346 g/mol. The Bertz CT molecular complexity index is 835. The molecule has 0 amide bonds. The van der Waals surface area contributed by atoms with Crippen LogP contribution in [0.15, 0.2) is 36.5 Å². The van der Waals surface area contributed by atoms with Crippen LogP contribution in [0.5, 0.6) is 0 Å². The molecule has 2 heterocycles. The minimum Gasteiger partial charge on any atom is -0.343 e. The molecule has 0 unspecified atom stereocenters. The van der Waals surface area contributed by atoms with Crippen molar-refractivity contribution in [3.63, 3.8) is 0 Å². The number of rotatable bonds is 4. The molecular weight excluding hydrogens is 323 g/mol. The summed E-state index contributed by atoms with van der Waals surface area (Å²) in [6.45, 7) is 9.80. The highest BCUT2D eigenvalue weighted by Crippen LogP contribution is 2.32. The molecule has 1 aromatic carbocycles. The predicted molar refractivity (Wildman–Crippen MR) is 101 cm³/mol. The van der Waals surface area contributed by atoms with Gasteiger partial charge in [0.1, 0.15) is 5.82 Å². The number of hydrogen-bond donors (Lipinski definition) is 0. The first-order valence-electron chi connectivity index (χ1n) is 8.19. The van der Waals surface area contributed by atoms with Crippen molar-refractivity contribution >= 4 is 23.3 Å². The molecule has 0 aliphatic heterocycles. The molecule has 0 fully saturated rings. The number of hydrogen-bond acceptors (Lipinski definition) is 1. The van der Waals surface area contributed by atoms with E-state index < -0.39 is 0 Å². The van der Waals surface area contributed by atoms with Gasteiger partial charge in [0.25, 0.3) is 0 Å². The quantitative estimate of drug-likeness (QED) is 0.572. The summed E-state index contributed by atoms with van der Waals surface area (Å²) >= 11 is 0. The van der Waals surface area contributed by atoms with Crippen molar-refractivity contribution in [3.8, 4) is 11.3 Å². The minimum atomic E-state index is -0.219. The average molecular weight is 347 g/mol. The van der Waals surface area contributed by atoms with E-state index in [0.717, 1.165) is 29.7 Å². The normalized spacial score (nSPS) is 11.1. The van der Waals surface area contributed by atoms with Gasteiger partial charge in [-0.15, -0.1) is 12.4 Å². The maximum atomic E-state index is 13.2. The maximum absolute atomic E-state index is 13.2. The molecule has 24 heavy (non-hydrogen) atoms. The van der Waals surface area contributed by atoms with Crippen LogP contribution in [0, 0.1) is 25.6 Å². The zero-order chi connectivity index (χ0) is 16.6. The molecule has 0 bridgehead atoms. The highest BCUT2D eigenvalue weighted by Gasteiger charge is 2.16. The van der Waals surface area contributed by atoms with Gasteiger partial charge in [-0.25, -0.2) is 4.39 Å². The lowest BCUT2D eigenvalue weighted by molar-refractivity contribution is 0.519. The van der Waals surface area contributed by atoms with E-state index in [1.54, 1.807) is 0 Å². The lowest BCUT2D eigenvalue weighted by Gasteiger charge is -2.13. The molecule has 0 spiro atoms. The van der Waals surface area contributed by atoms with Crippen LogP contribution in [0.4, 0.5) is 4.39 Å². The smallest absolute Gasteiger partial charge is 0.123 e. The molecule has 128 valence electrons. The molecule has 0 atom stereocenters. The topological polar surface area (TPSA) is 17.8 Å². The van der Waals surface area contributed by atoms with Gasteiger partial charge < -0.3 is 4.57 Å². The number of pyridine rings is 1. The predicted octanol–water partition coefficient (Wildman–Crippen LogP) is 5.93. The van der Waals surface area contributed by atoms with Gasteiger partial charge in [-0.1, -0.05) is 13.8 Å². The van der Waals surface area contributed by atoms with Gasteiger partial charge in [-0.2, -0.15) is 0 Å². The Hall–Kier alpha value is -1.87. The van der Waals surface area contributed by atoms with E-state index in [-0.39, 0.29) is 18.2 Å². The molecule has 2 aromatic heterocycles. The third kappa shape index (κ3) is 3.32. The Morgan fingerprint density at radius 1 is 1.08 bits per heavy atom. The fourth-order valence-corrected chi connectivity index (χ4v) is 3.08. The average Bonchev–Trinajstić information content (AvgIpc) is 2.78. The van der Waals surface area contributed by atoms with Gasteiger partial charge in [0.2, 0.25) is 0 Å². The summed E-state index contributed by atoms with van der Waals surface area (Å²) in [5.74, 6) is 0.432. The Balaban J connectivity index is 0.00000208. The van der Waals surface area contributed by atoms with E-state index in [4.69, 9.17) is 0 Å². The molecule has 4 heteroatoms. The second-order valence-corrected chi connectivity index (χ2v) is 6.61. The molecule has 3 rings (SSSR count). The summed E-state index contributed by atoms with van der Waals surface area (Å²) in [6, 6.07) is 8.69. The summed E-state index contributed by atoms with van der Waals surface area (Å²) in [4.78, 5) is 4.61. The number of aromatic nitrogens is 2. The number of fused-ring (bicyclic) bond motifs is 1. The fourth-order valence-electron chi connectivity index (χ4n) is 3.08. The number of nitrogens with zero attached hydrogens (tertiary/aromatic N) is 2. The molecule has 0 saturated carbocycles. The highest BCUT2D eigenvalue weighted by atomic mass is 35.5. The first kappa shape index (κ1) is 18.5. The van der Waals surface area contributed by atoms with Crippen molar-refractivity contribution in [1.82, 2.24) is 9.55 Å². The maximum Gasteiger partial charge on any atom is 0.123 e. The molecule has 0 radical (unpaired) electrons. The van der Waals surface area contributed by atoms with Crippen LogP contribution in [0.3, 0.4) is 0 Å². The van der Waals surface area contributed by atoms with Crippen LogP contribution in [-0.2, 0) is 6.54 Å². The van der Waals surface area contributed by atoms with E-state index in [0.29, 0.717) is 5.92 Å². The Labute approximate surface area is 149 Å². The first-order chi connectivity index (χ1) is 11.0. The third-order valence-electron chi connectivity index (χ3n) is 4.59. The summed E-state index contributed by atoms with van der Waals surface area (Å²) in [5, 5.41) is 1.24. The molecular formula is C20H24ClFN2. The van der Waals surface area contributed by atoms with E-state index in [2.05, 4.69) is 43.3 Å². The Morgan fingerprint density at radius 3 is 2.38 bits per heavy atom. The van der Waals surface area contributed by atoms with Gasteiger partial charge in [0, 0.05) is 29.4 Å². The lowest BCUT2D eigenvalue weighted by atomic mass is 10.1. The summed E-state index contributed by atoms with van der Waals surface area (Å²) < 4.78 is 15.6. The van der Waals surface area contributed by atoms with Gasteiger partial charge in [0.15, 0.2) is 0 Å². The molecule has 0 aliphatic rings. The van der Waals surface area contributed by atoms with E-state index >= 15 is 0 Å². The second-order valence-electron chi connectivity index (χ2n) is 6.61. The van der Waals surface area contributed by atoms with Crippen molar-refractivity contribution in [2.24, 2.45) is 5.92 Å². The molecule has 0 saturated heterocycles. The number of benzene rings is 1.